The third-order valence-corrected chi connectivity index (χ3v) is 6.92. The van der Waals surface area contributed by atoms with Crippen LogP contribution < -0.4 is 21.1 Å². The second kappa shape index (κ2) is 9.70. The van der Waals surface area contributed by atoms with E-state index in [4.69, 9.17) is 0 Å². The van der Waals surface area contributed by atoms with Crippen LogP contribution in [0.15, 0.2) is 77.9 Å². The Labute approximate surface area is 221 Å². The number of piperazine rings is 1. The van der Waals surface area contributed by atoms with E-state index in [-0.39, 0.29) is 11.4 Å². The molecule has 1 fully saturated rings. The van der Waals surface area contributed by atoms with Gasteiger partial charge in [-0.2, -0.15) is 13.2 Å². The number of rotatable bonds is 4. The van der Waals surface area contributed by atoms with Crippen molar-refractivity contribution in [1.82, 2.24) is 19.9 Å². The van der Waals surface area contributed by atoms with Gasteiger partial charge in [0.15, 0.2) is 0 Å². The lowest BCUT2D eigenvalue weighted by atomic mass is 10.1. The van der Waals surface area contributed by atoms with Crippen molar-refractivity contribution in [1.29, 1.82) is 0 Å². The molecule has 3 aromatic heterocycles. The molecular weight excluding hydrogens is 505 g/mol. The summed E-state index contributed by atoms with van der Waals surface area (Å²) in [5.41, 5.74) is 2.57. The molecular formula is C29H25F3N6O. The molecule has 2 N–H and O–H groups in total. The third-order valence-electron chi connectivity index (χ3n) is 6.92. The van der Waals surface area contributed by atoms with Crippen molar-refractivity contribution in [2.75, 3.05) is 36.4 Å². The summed E-state index contributed by atoms with van der Waals surface area (Å²) in [6.45, 7) is 4.06. The Morgan fingerprint density at radius 2 is 1.69 bits per heavy atom. The van der Waals surface area contributed by atoms with E-state index >= 15 is 0 Å². The smallest absolute Gasteiger partial charge is 0.368 e. The first-order valence-electron chi connectivity index (χ1n) is 12.6. The van der Waals surface area contributed by atoms with E-state index in [0.29, 0.717) is 48.0 Å². The van der Waals surface area contributed by atoms with Crippen molar-refractivity contribution in [3.05, 3.63) is 94.7 Å². The van der Waals surface area contributed by atoms with Crippen LogP contribution in [0.25, 0.3) is 27.5 Å². The SMILES string of the molecule is Cc1ccc(Nc2ccc3ncc4ccc(=O)n(-c5ccc(N6CCNCC6)c(C(F)(F)F)c5)c4c3c2)cn1. The zero-order valence-corrected chi connectivity index (χ0v) is 21.1. The molecule has 39 heavy (non-hydrogen) atoms. The van der Waals surface area contributed by atoms with E-state index in [0.717, 1.165) is 23.1 Å². The number of aryl methyl sites for hydroxylation is 1. The predicted octanol–water partition coefficient (Wildman–Crippen LogP) is 5.41. The molecule has 0 saturated carbocycles. The average molecular weight is 531 g/mol. The van der Waals surface area contributed by atoms with Crippen LogP contribution in [-0.2, 0) is 6.18 Å². The van der Waals surface area contributed by atoms with Gasteiger partial charge in [0.25, 0.3) is 5.56 Å². The average Bonchev–Trinajstić information content (AvgIpc) is 2.94. The Morgan fingerprint density at radius 1 is 0.897 bits per heavy atom. The number of benzene rings is 2. The molecule has 4 heterocycles. The highest BCUT2D eigenvalue weighted by atomic mass is 19.4. The van der Waals surface area contributed by atoms with E-state index in [1.807, 2.05) is 37.3 Å². The van der Waals surface area contributed by atoms with Gasteiger partial charge in [0.05, 0.1) is 34.2 Å². The first-order chi connectivity index (χ1) is 18.8. The van der Waals surface area contributed by atoms with E-state index < -0.39 is 17.3 Å². The van der Waals surface area contributed by atoms with Crippen LogP contribution in [0.2, 0.25) is 0 Å². The van der Waals surface area contributed by atoms with Crippen LogP contribution in [0.1, 0.15) is 11.3 Å². The number of fused-ring (bicyclic) bond motifs is 3. The van der Waals surface area contributed by atoms with Crippen molar-refractivity contribution in [2.24, 2.45) is 0 Å². The fraction of sp³-hybridized carbons (Fsp3) is 0.207. The number of nitrogens with zero attached hydrogens (tertiary/aromatic N) is 4. The van der Waals surface area contributed by atoms with E-state index in [1.54, 1.807) is 29.4 Å². The Morgan fingerprint density at radius 3 is 2.44 bits per heavy atom. The lowest BCUT2D eigenvalue weighted by molar-refractivity contribution is -0.137. The molecule has 1 saturated heterocycles. The van der Waals surface area contributed by atoms with Crippen LogP contribution >= 0.6 is 0 Å². The van der Waals surface area contributed by atoms with E-state index in [9.17, 15) is 18.0 Å². The van der Waals surface area contributed by atoms with Crippen molar-refractivity contribution >= 4 is 38.9 Å². The number of hydrogen-bond acceptors (Lipinski definition) is 6. The van der Waals surface area contributed by atoms with Gasteiger partial charge >= 0.3 is 6.18 Å². The molecule has 1 aliphatic rings. The molecule has 0 amide bonds. The van der Waals surface area contributed by atoms with Gasteiger partial charge in [0, 0.05) is 66.3 Å². The largest absolute Gasteiger partial charge is 0.418 e. The third kappa shape index (κ3) is 4.79. The van der Waals surface area contributed by atoms with Gasteiger partial charge in [-0.25, -0.2) is 0 Å². The minimum absolute atomic E-state index is 0.116. The van der Waals surface area contributed by atoms with Gasteiger partial charge in [-0.3, -0.25) is 19.3 Å². The molecule has 0 aliphatic carbocycles. The highest BCUT2D eigenvalue weighted by Gasteiger charge is 2.36. The summed E-state index contributed by atoms with van der Waals surface area (Å²) in [5.74, 6) is 0. The number of hydrogen-bond donors (Lipinski definition) is 2. The molecule has 2 aromatic carbocycles. The van der Waals surface area contributed by atoms with Crippen molar-refractivity contribution in [2.45, 2.75) is 13.1 Å². The number of nitrogens with one attached hydrogen (secondary N) is 2. The molecule has 7 nitrogen and oxygen atoms in total. The number of alkyl halides is 3. The van der Waals surface area contributed by atoms with Crippen LogP contribution in [-0.4, -0.2) is 40.7 Å². The molecule has 6 rings (SSSR count). The zero-order valence-electron chi connectivity index (χ0n) is 21.1. The quantitative estimate of drug-likeness (QED) is 0.303. The van der Waals surface area contributed by atoms with Crippen LogP contribution in [0.3, 0.4) is 0 Å². The Kier molecular flexibility index (Phi) is 6.19. The number of pyridine rings is 3. The predicted molar refractivity (Wildman–Crippen MR) is 147 cm³/mol. The summed E-state index contributed by atoms with van der Waals surface area (Å²) < 4.78 is 44.2. The maximum atomic E-state index is 14.3. The summed E-state index contributed by atoms with van der Waals surface area (Å²) in [6.07, 6.45) is -1.24. The van der Waals surface area contributed by atoms with Gasteiger partial charge in [-0.15, -0.1) is 0 Å². The molecule has 198 valence electrons. The van der Waals surface area contributed by atoms with Crippen LogP contribution in [0.4, 0.5) is 30.2 Å². The van der Waals surface area contributed by atoms with Gasteiger partial charge in [0.2, 0.25) is 0 Å². The maximum Gasteiger partial charge on any atom is 0.418 e. The first-order valence-corrected chi connectivity index (χ1v) is 12.6. The summed E-state index contributed by atoms with van der Waals surface area (Å²) in [6, 6.07) is 16.4. The Balaban J connectivity index is 1.54. The summed E-state index contributed by atoms with van der Waals surface area (Å²) in [4.78, 5) is 23.8. The molecule has 0 bridgehead atoms. The minimum atomic E-state index is -4.59. The fourth-order valence-electron chi connectivity index (χ4n) is 5.03. The zero-order chi connectivity index (χ0) is 27.1. The second-order valence-corrected chi connectivity index (χ2v) is 9.55. The number of anilines is 3. The van der Waals surface area contributed by atoms with E-state index in [2.05, 4.69) is 20.6 Å². The van der Waals surface area contributed by atoms with Gasteiger partial charge in [0.1, 0.15) is 0 Å². The first kappa shape index (κ1) is 24.9. The highest BCUT2D eigenvalue weighted by molar-refractivity contribution is 6.05. The molecule has 0 unspecified atom stereocenters. The summed E-state index contributed by atoms with van der Waals surface area (Å²) in [7, 11) is 0. The van der Waals surface area contributed by atoms with Gasteiger partial charge in [-0.1, -0.05) is 0 Å². The molecule has 0 atom stereocenters. The monoisotopic (exact) mass is 530 g/mol. The molecule has 0 spiro atoms. The van der Waals surface area contributed by atoms with Crippen LogP contribution in [0, 0.1) is 6.92 Å². The van der Waals surface area contributed by atoms with Crippen molar-refractivity contribution in [3.63, 3.8) is 0 Å². The van der Waals surface area contributed by atoms with E-state index in [1.165, 1.54) is 16.7 Å². The normalized spacial score (nSPS) is 14.2. The lowest BCUT2D eigenvalue weighted by Crippen LogP contribution is -2.44. The molecule has 5 aromatic rings. The standard InChI is InChI=1S/C29H25F3N6O/c1-18-2-4-21(17-34-18)36-20-5-7-25-23(14-20)28-19(16-35-25)3-9-27(39)38(28)22-6-8-26(24(15-22)29(30,31)32)37-12-10-33-11-13-37/h2-9,14-17,33,36H,10-13H2,1H3. The topological polar surface area (TPSA) is 75.1 Å². The maximum absolute atomic E-state index is 14.3. The fourth-order valence-corrected chi connectivity index (χ4v) is 5.03. The molecule has 10 heteroatoms. The van der Waals surface area contributed by atoms with Gasteiger partial charge < -0.3 is 15.5 Å². The van der Waals surface area contributed by atoms with Crippen molar-refractivity contribution in [3.8, 4) is 5.69 Å². The second-order valence-electron chi connectivity index (χ2n) is 9.55. The van der Waals surface area contributed by atoms with Crippen molar-refractivity contribution < 1.29 is 13.2 Å². The molecule has 0 radical (unpaired) electrons. The van der Waals surface area contributed by atoms with Crippen LogP contribution in [0.5, 0.6) is 0 Å². The van der Waals surface area contributed by atoms with Gasteiger partial charge in [-0.05, 0) is 61.5 Å². The highest BCUT2D eigenvalue weighted by Crippen LogP contribution is 2.39. The summed E-state index contributed by atoms with van der Waals surface area (Å²) >= 11 is 0. The number of halogens is 3. The lowest BCUT2D eigenvalue weighted by Gasteiger charge is -2.32. The number of aromatic nitrogens is 3. The summed E-state index contributed by atoms with van der Waals surface area (Å²) in [5, 5.41) is 7.73. The minimum Gasteiger partial charge on any atom is -0.368 e. The Bertz CT molecular complexity index is 1740. The molecule has 1 aliphatic heterocycles. The Hall–Kier alpha value is -4.44.